The van der Waals surface area contributed by atoms with Crippen molar-refractivity contribution in [2.75, 3.05) is 25.6 Å². The van der Waals surface area contributed by atoms with Crippen LogP contribution in [0.3, 0.4) is 0 Å². The van der Waals surface area contributed by atoms with Gasteiger partial charge in [0, 0.05) is 17.7 Å². The highest BCUT2D eigenvalue weighted by Gasteiger charge is 2.16. The number of carbonyl (C=O) groups excluding carboxylic acids is 1. The van der Waals surface area contributed by atoms with Crippen molar-refractivity contribution in [2.24, 2.45) is 0 Å². The molecule has 0 unspecified atom stereocenters. The van der Waals surface area contributed by atoms with Crippen LogP contribution in [0.4, 0.5) is 14.9 Å². The molecule has 0 atom stereocenters. The van der Waals surface area contributed by atoms with Crippen molar-refractivity contribution in [3.8, 4) is 28.3 Å². The lowest BCUT2D eigenvalue weighted by Crippen LogP contribution is -2.18. The van der Waals surface area contributed by atoms with Crippen molar-refractivity contribution >= 4 is 44.4 Å². The number of hydrogen-bond acceptors (Lipinski definition) is 11. The van der Waals surface area contributed by atoms with E-state index in [1.54, 1.807) is 19.1 Å². The molecule has 3 aromatic heterocycles. The summed E-state index contributed by atoms with van der Waals surface area (Å²) in [6.07, 6.45) is 3.68. The molecule has 0 spiro atoms. The Balaban J connectivity index is 1.31. The number of fused-ring (bicyclic) bond motifs is 2. The highest BCUT2D eigenvalue weighted by Crippen LogP contribution is 2.37. The Hall–Kier alpha value is -4.96. The van der Waals surface area contributed by atoms with E-state index >= 15 is 0 Å². The summed E-state index contributed by atoms with van der Waals surface area (Å²) < 4.78 is 31.1. The van der Waals surface area contributed by atoms with Gasteiger partial charge in [-0.05, 0) is 19.1 Å². The molecule has 5 rings (SSSR count). The number of halogens is 1. The van der Waals surface area contributed by atoms with Gasteiger partial charge in [0.15, 0.2) is 11.6 Å². The first kappa shape index (κ1) is 24.7. The minimum absolute atomic E-state index is 0.0104. The molecule has 0 aliphatic carbocycles. The molecule has 3 heterocycles. The topological polar surface area (TPSA) is 145 Å². The summed E-state index contributed by atoms with van der Waals surface area (Å²) in [6.45, 7) is 1.54. The minimum atomic E-state index is -0.711. The summed E-state index contributed by atoms with van der Waals surface area (Å²) >= 11 is 1.29. The highest BCUT2D eigenvalue weighted by atomic mass is 32.1. The van der Waals surface area contributed by atoms with E-state index in [-0.39, 0.29) is 19.0 Å². The number of thiazole rings is 1. The molecule has 1 amide bonds. The van der Waals surface area contributed by atoms with Gasteiger partial charge < -0.3 is 14.2 Å². The van der Waals surface area contributed by atoms with E-state index in [1.165, 1.54) is 49.2 Å². The van der Waals surface area contributed by atoms with Gasteiger partial charge in [-0.3, -0.25) is 5.32 Å². The predicted molar refractivity (Wildman–Crippen MR) is 137 cm³/mol. The number of hydrogen-bond donors (Lipinski definition) is 1. The quantitative estimate of drug-likeness (QED) is 0.295. The molecule has 0 saturated heterocycles. The standard InChI is InChI=1S/C25H18FN7O4S/c1-13-28-10-15(11-29-13)31-25(34)37-4-3-36-20-8-21-18(7-17(20)26)33-24(38-21)16-5-14(9-27)6-19-23(16)30-12-22(32-19)35-2/h5-8,10-12H,3-4H2,1-2H3,(H,31,34). The predicted octanol–water partition coefficient (Wildman–Crippen LogP) is 4.65. The monoisotopic (exact) mass is 531 g/mol. The van der Waals surface area contributed by atoms with Gasteiger partial charge in [-0.2, -0.15) is 5.26 Å². The van der Waals surface area contributed by atoms with E-state index in [0.29, 0.717) is 54.8 Å². The maximum Gasteiger partial charge on any atom is 0.411 e. The molecular weight excluding hydrogens is 513 g/mol. The number of methoxy groups -OCH3 is 1. The molecule has 0 fully saturated rings. The third-order valence-corrected chi connectivity index (χ3v) is 6.29. The Morgan fingerprint density at radius 1 is 1.08 bits per heavy atom. The van der Waals surface area contributed by atoms with Crippen LogP contribution in [-0.4, -0.2) is 51.3 Å². The zero-order chi connectivity index (χ0) is 26.6. The number of nitriles is 1. The van der Waals surface area contributed by atoms with E-state index < -0.39 is 11.9 Å². The van der Waals surface area contributed by atoms with E-state index in [4.69, 9.17) is 14.2 Å². The van der Waals surface area contributed by atoms with Gasteiger partial charge >= 0.3 is 6.09 Å². The Kier molecular flexibility index (Phi) is 6.88. The Labute approximate surface area is 218 Å². The number of carbonyl (C=O) groups is 1. The molecule has 0 aliphatic rings. The summed E-state index contributed by atoms with van der Waals surface area (Å²) in [5, 5.41) is 12.5. The van der Waals surface area contributed by atoms with Crippen LogP contribution in [-0.2, 0) is 4.74 Å². The van der Waals surface area contributed by atoms with Crippen molar-refractivity contribution < 1.29 is 23.4 Å². The van der Waals surface area contributed by atoms with Gasteiger partial charge in [0.2, 0.25) is 5.88 Å². The zero-order valence-electron chi connectivity index (χ0n) is 20.1. The van der Waals surface area contributed by atoms with E-state index in [1.807, 2.05) is 0 Å². The normalized spacial score (nSPS) is 10.8. The number of amides is 1. The van der Waals surface area contributed by atoms with Crippen LogP contribution in [0.2, 0.25) is 0 Å². The summed E-state index contributed by atoms with van der Waals surface area (Å²) in [4.78, 5) is 33.2. The van der Waals surface area contributed by atoms with Gasteiger partial charge in [0.05, 0.1) is 64.3 Å². The highest BCUT2D eigenvalue weighted by molar-refractivity contribution is 7.21. The maximum atomic E-state index is 14.7. The van der Waals surface area contributed by atoms with E-state index in [9.17, 15) is 14.4 Å². The van der Waals surface area contributed by atoms with Gasteiger partial charge in [-0.15, -0.1) is 11.3 Å². The third kappa shape index (κ3) is 5.25. The smallest absolute Gasteiger partial charge is 0.411 e. The number of anilines is 1. The van der Waals surface area contributed by atoms with Crippen LogP contribution < -0.4 is 14.8 Å². The van der Waals surface area contributed by atoms with Crippen molar-refractivity contribution in [3.05, 3.63) is 60.1 Å². The number of nitrogens with one attached hydrogen (secondary N) is 1. The first-order chi connectivity index (χ1) is 18.4. The number of benzene rings is 2. The van der Waals surface area contributed by atoms with Gasteiger partial charge in [-0.1, -0.05) is 0 Å². The second kappa shape index (κ2) is 10.6. The van der Waals surface area contributed by atoms with Crippen LogP contribution in [0, 0.1) is 24.1 Å². The van der Waals surface area contributed by atoms with Gasteiger partial charge in [0.1, 0.15) is 24.0 Å². The fourth-order valence-corrected chi connectivity index (χ4v) is 4.48. The SMILES string of the molecule is COc1cnc2c(-c3nc4cc(F)c(OCCOC(=O)Nc5cnc(C)nc5)cc4s3)cc(C#N)cc2n1. The average molecular weight is 532 g/mol. The summed E-state index contributed by atoms with van der Waals surface area (Å²) in [6, 6.07) is 8.19. The van der Waals surface area contributed by atoms with Crippen molar-refractivity contribution in [1.82, 2.24) is 24.9 Å². The largest absolute Gasteiger partial charge is 0.487 e. The van der Waals surface area contributed by atoms with Gasteiger partial charge in [-0.25, -0.2) is 34.1 Å². The lowest BCUT2D eigenvalue weighted by atomic mass is 10.1. The van der Waals surface area contributed by atoms with E-state index in [0.717, 1.165) is 0 Å². The zero-order valence-corrected chi connectivity index (χ0v) is 20.9. The van der Waals surface area contributed by atoms with Crippen molar-refractivity contribution in [3.63, 3.8) is 0 Å². The second-order valence-electron chi connectivity index (χ2n) is 7.81. The summed E-state index contributed by atoms with van der Waals surface area (Å²) in [5.74, 6) is 0.264. The number of nitrogens with zero attached hydrogens (tertiary/aromatic N) is 6. The summed E-state index contributed by atoms with van der Waals surface area (Å²) in [7, 11) is 1.48. The molecule has 11 nitrogen and oxygen atoms in total. The Bertz CT molecular complexity index is 1700. The Morgan fingerprint density at radius 2 is 1.89 bits per heavy atom. The molecule has 0 saturated carbocycles. The van der Waals surface area contributed by atoms with Crippen molar-refractivity contribution in [1.29, 1.82) is 5.26 Å². The van der Waals surface area contributed by atoms with Crippen LogP contribution in [0.25, 0.3) is 31.8 Å². The van der Waals surface area contributed by atoms with Crippen LogP contribution in [0.15, 0.2) is 42.9 Å². The third-order valence-electron chi connectivity index (χ3n) is 5.24. The molecular formula is C25H18FN7O4S. The summed E-state index contributed by atoms with van der Waals surface area (Å²) in [5.41, 5.74) is 2.79. The number of rotatable bonds is 7. The minimum Gasteiger partial charge on any atom is -0.487 e. The van der Waals surface area contributed by atoms with E-state index in [2.05, 4.69) is 36.3 Å². The molecule has 0 radical (unpaired) electrons. The molecule has 0 aliphatic heterocycles. The Morgan fingerprint density at radius 3 is 2.66 bits per heavy atom. The van der Waals surface area contributed by atoms with Crippen LogP contribution >= 0.6 is 11.3 Å². The molecule has 190 valence electrons. The lowest BCUT2D eigenvalue weighted by Gasteiger charge is -2.09. The second-order valence-corrected chi connectivity index (χ2v) is 8.84. The van der Waals surface area contributed by atoms with Crippen LogP contribution in [0.5, 0.6) is 11.6 Å². The molecule has 38 heavy (non-hydrogen) atoms. The fraction of sp³-hybridized carbons (Fsp3) is 0.160. The number of aryl methyl sites for hydroxylation is 1. The first-order valence-electron chi connectivity index (χ1n) is 11.1. The fourth-order valence-electron chi connectivity index (χ4n) is 3.49. The maximum absolute atomic E-state index is 14.7. The molecule has 13 heteroatoms. The van der Waals surface area contributed by atoms with Crippen LogP contribution in [0.1, 0.15) is 11.4 Å². The molecule has 2 aromatic carbocycles. The van der Waals surface area contributed by atoms with Crippen molar-refractivity contribution in [2.45, 2.75) is 6.92 Å². The first-order valence-corrected chi connectivity index (χ1v) is 12.0. The molecule has 5 aromatic rings. The van der Waals surface area contributed by atoms with Gasteiger partial charge in [0.25, 0.3) is 0 Å². The average Bonchev–Trinajstić information content (AvgIpc) is 3.33. The number of aromatic nitrogens is 5. The molecule has 1 N–H and O–H groups in total. The lowest BCUT2D eigenvalue weighted by molar-refractivity contribution is 0.136. The number of ether oxygens (including phenoxy) is 3. The molecule has 0 bridgehead atoms.